The summed E-state index contributed by atoms with van der Waals surface area (Å²) >= 11 is 0. The van der Waals surface area contributed by atoms with Crippen LogP contribution in [0.4, 0.5) is 0 Å². The molecule has 0 saturated carbocycles. The Hall–Kier alpha value is -1.68. The minimum absolute atomic E-state index is 0.345. The van der Waals surface area contributed by atoms with E-state index >= 15 is 0 Å². The van der Waals surface area contributed by atoms with Gasteiger partial charge in [-0.3, -0.25) is 4.68 Å². The Labute approximate surface area is 107 Å². The Morgan fingerprint density at radius 3 is 2.61 bits per heavy atom. The lowest BCUT2D eigenvalue weighted by Gasteiger charge is -2.15. The molecule has 2 atom stereocenters. The van der Waals surface area contributed by atoms with Crippen molar-refractivity contribution in [3.05, 3.63) is 47.8 Å². The summed E-state index contributed by atoms with van der Waals surface area (Å²) in [5, 5.41) is 17.9. The van der Waals surface area contributed by atoms with Gasteiger partial charge in [-0.05, 0) is 17.9 Å². The molecule has 0 aliphatic rings. The molecule has 1 aromatic carbocycles. The highest BCUT2D eigenvalue weighted by molar-refractivity contribution is 5.18. The molecule has 0 fully saturated rings. The molecule has 1 aromatic heterocycles. The Morgan fingerprint density at radius 2 is 2.00 bits per heavy atom. The number of aromatic nitrogens is 3. The molecule has 1 N–H and O–H groups in total. The molecule has 1 heterocycles. The SMILES string of the molecule is CC(CC(O)Cc1cn(C)nn1)c1ccccc1. The lowest BCUT2D eigenvalue weighted by Crippen LogP contribution is -2.14. The number of benzene rings is 1. The summed E-state index contributed by atoms with van der Waals surface area (Å²) in [6, 6.07) is 10.3. The normalized spacial score (nSPS) is 14.4. The van der Waals surface area contributed by atoms with Crippen molar-refractivity contribution in [2.75, 3.05) is 0 Å². The van der Waals surface area contributed by atoms with E-state index in [1.54, 1.807) is 4.68 Å². The summed E-state index contributed by atoms with van der Waals surface area (Å²) in [6.45, 7) is 2.13. The number of aryl methyl sites for hydroxylation is 1. The molecule has 0 aliphatic carbocycles. The first kappa shape index (κ1) is 12.8. The standard InChI is InChI=1S/C14H19N3O/c1-11(12-6-4-3-5-7-12)8-14(18)9-13-10-17(2)16-15-13/h3-7,10-11,14,18H,8-9H2,1-2H3. The second kappa shape index (κ2) is 5.78. The number of hydrogen-bond acceptors (Lipinski definition) is 3. The van der Waals surface area contributed by atoms with E-state index < -0.39 is 0 Å². The molecule has 0 saturated heterocycles. The van der Waals surface area contributed by atoms with Crippen molar-refractivity contribution < 1.29 is 5.11 Å². The molecule has 96 valence electrons. The molecule has 2 rings (SSSR count). The van der Waals surface area contributed by atoms with Gasteiger partial charge in [-0.25, -0.2) is 0 Å². The minimum atomic E-state index is -0.378. The fourth-order valence-electron chi connectivity index (χ4n) is 2.14. The molecule has 0 aliphatic heterocycles. The van der Waals surface area contributed by atoms with E-state index in [2.05, 4.69) is 29.4 Å². The fraction of sp³-hybridized carbons (Fsp3) is 0.429. The van der Waals surface area contributed by atoms with E-state index in [0.29, 0.717) is 12.3 Å². The molecule has 18 heavy (non-hydrogen) atoms. The first-order valence-electron chi connectivity index (χ1n) is 6.23. The summed E-state index contributed by atoms with van der Waals surface area (Å²) in [5.74, 6) is 0.345. The van der Waals surface area contributed by atoms with Crippen LogP contribution >= 0.6 is 0 Å². The third-order valence-corrected chi connectivity index (χ3v) is 3.09. The van der Waals surface area contributed by atoms with Crippen LogP contribution in [0.3, 0.4) is 0 Å². The van der Waals surface area contributed by atoms with E-state index in [9.17, 15) is 5.11 Å². The highest BCUT2D eigenvalue weighted by atomic mass is 16.3. The molecular formula is C14H19N3O. The Balaban J connectivity index is 1.89. The van der Waals surface area contributed by atoms with Gasteiger partial charge in [-0.15, -0.1) is 5.10 Å². The molecule has 2 aromatic rings. The van der Waals surface area contributed by atoms with Crippen molar-refractivity contribution in [1.82, 2.24) is 15.0 Å². The van der Waals surface area contributed by atoms with Gasteiger partial charge >= 0.3 is 0 Å². The van der Waals surface area contributed by atoms with E-state index in [-0.39, 0.29) is 6.10 Å². The predicted octanol–water partition coefficient (Wildman–Crippen LogP) is 1.91. The number of nitrogens with zero attached hydrogens (tertiary/aromatic N) is 3. The summed E-state index contributed by atoms with van der Waals surface area (Å²) in [7, 11) is 1.83. The zero-order valence-corrected chi connectivity index (χ0v) is 10.8. The molecule has 0 bridgehead atoms. The highest BCUT2D eigenvalue weighted by Crippen LogP contribution is 2.21. The number of rotatable bonds is 5. The van der Waals surface area contributed by atoms with Crippen molar-refractivity contribution >= 4 is 0 Å². The Bertz CT molecular complexity index is 481. The van der Waals surface area contributed by atoms with Crippen molar-refractivity contribution in [2.24, 2.45) is 7.05 Å². The van der Waals surface area contributed by atoms with E-state index in [1.165, 1.54) is 5.56 Å². The van der Waals surface area contributed by atoms with Gasteiger partial charge in [-0.2, -0.15) is 0 Å². The van der Waals surface area contributed by atoms with Crippen LogP contribution in [0.1, 0.15) is 30.5 Å². The molecule has 4 heteroatoms. The molecule has 0 spiro atoms. The van der Waals surface area contributed by atoms with Crippen molar-refractivity contribution in [3.8, 4) is 0 Å². The van der Waals surface area contributed by atoms with Crippen LogP contribution in [-0.2, 0) is 13.5 Å². The maximum absolute atomic E-state index is 10.1. The zero-order valence-electron chi connectivity index (χ0n) is 10.8. The van der Waals surface area contributed by atoms with Crippen molar-refractivity contribution in [1.29, 1.82) is 0 Å². The summed E-state index contributed by atoms with van der Waals surface area (Å²) in [5.41, 5.74) is 2.10. The summed E-state index contributed by atoms with van der Waals surface area (Å²) in [4.78, 5) is 0. The van der Waals surface area contributed by atoms with Crippen LogP contribution in [0.15, 0.2) is 36.5 Å². The second-order valence-corrected chi connectivity index (χ2v) is 4.79. The second-order valence-electron chi connectivity index (χ2n) is 4.79. The first-order chi connectivity index (χ1) is 8.65. The maximum Gasteiger partial charge on any atom is 0.0852 e. The monoisotopic (exact) mass is 245 g/mol. The van der Waals surface area contributed by atoms with Gasteiger partial charge in [0.05, 0.1) is 11.8 Å². The maximum atomic E-state index is 10.1. The zero-order chi connectivity index (χ0) is 13.0. The minimum Gasteiger partial charge on any atom is -0.393 e. The number of aliphatic hydroxyl groups excluding tert-OH is 1. The van der Waals surface area contributed by atoms with E-state index in [4.69, 9.17) is 0 Å². The largest absolute Gasteiger partial charge is 0.393 e. The average Bonchev–Trinajstić information content (AvgIpc) is 2.75. The third kappa shape index (κ3) is 3.40. The van der Waals surface area contributed by atoms with Gasteiger partial charge in [0.2, 0.25) is 0 Å². The molecule has 4 nitrogen and oxygen atoms in total. The van der Waals surface area contributed by atoms with Gasteiger partial charge in [0.1, 0.15) is 0 Å². The van der Waals surface area contributed by atoms with E-state index in [0.717, 1.165) is 12.1 Å². The summed E-state index contributed by atoms with van der Waals surface area (Å²) in [6.07, 6.45) is 2.76. The van der Waals surface area contributed by atoms with Gasteiger partial charge in [0, 0.05) is 19.7 Å². The lowest BCUT2D eigenvalue weighted by atomic mass is 9.93. The quantitative estimate of drug-likeness (QED) is 0.875. The molecule has 2 unspecified atom stereocenters. The molecule has 0 radical (unpaired) electrons. The number of hydrogen-bond donors (Lipinski definition) is 1. The van der Waals surface area contributed by atoms with E-state index in [1.807, 2.05) is 31.4 Å². The molecule has 0 amide bonds. The topological polar surface area (TPSA) is 50.9 Å². The smallest absolute Gasteiger partial charge is 0.0852 e. The van der Waals surface area contributed by atoms with Gasteiger partial charge in [-0.1, -0.05) is 42.5 Å². The van der Waals surface area contributed by atoms with Crippen molar-refractivity contribution in [2.45, 2.75) is 31.8 Å². The average molecular weight is 245 g/mol. The predicted molar refractivity (Wildman–Crippen MR) is 70.2 cm³/mol. The van der Waals surface area contributed by atoms with Gasteiger partial charge in [0.25, 0.3) is 0 Å². The van der Waals surface area contributed by atoms with Crippen LogP contribution in [0.25, 0.3) is 0 Å². The summed E-state index contributed by atoms with van der Waals surface area (Å²) < 4.78 is 1.66. The molecular weight excluding hydrogens is 226 g/mol. The van der Waals surface area contributed by atoms with Gasteiger partial charge < -0.3 is 5.11 Å². The van der Waals surface area contributed by atoms with Crippen LogP contribution in [0.2, 0.25) is 0 Å². The fourth-order valence-corrected chi connectivity index (χ4v) is 2.14. The Kier molecular flexibility index (Phi) is 4.10. The van der Waals surface area contributed by atoms with Crippen LogP contribution in [-0.4, -0.2) is 26.2 Å². The third-order valence-electron chi connectivity index (χ3n) is 3.09. The van der Waals surface area contributed by atoms with Crippen LogP contribution in [0.5, 0.6) is 0 Å². The lowest BCUT2D eigenvalue weighted by molar-refractivity contribution is 0.156. The Morgan fingerprint density at radius 1 is 1.28 bits per heavy atom. The van der Waals surface area contributed by atoms with Gasteiger partial charge in [0.15, 0.2) is 0 Å². The van der Waals surface area contributed by atoms with Crippen LogP contribution in [0, 0.1) is 0 Å². The number of aliphatic hydroxyl groups is 1. The van der Waals surface area contributed by atoms with Crippen molar-refractivity contribution in [3.63, 3.8) is 0 Å². The highest BCUT2D eigenvalue weighted by Gasteiger charge is 2.14. The first-order valence-corrected chi connectivity index (χ1v) is 6.23. The van der Waals surface area contributed by atoms with Crippen LogP contribution < -0.4 is 0 Å².